The number of methoxy groups -OCH3 is 1. The van der Waals surface area contributed by atoms with Crippen molar-refractivity contribution in [3.05, 3.63) is 9.79 Å². The second-order valence-electron chi connectivity index (χ2n) is 9.52. The summed E-state index contributed by atoms with van der Waals surface area (Å²) in [4.78, 5) is 24.7. The van der Waals surface area contributed by atoms with E-state index in [2.05, 4.69) is 26.1 Å². The molecule has 0 aromatic rings. The Morgan fingerprint density at radius 3 is 1.62 bits per heavy atom. The average molecular weight is 518 g/mol. The quantitative estimate of drug-likeness (QED) is 0.209. The molecule has 1 unspecified atom stereocenters. The summed E-state index contributed by atoms with van der Waals surface area (Å²) in [6.07, 6.45) is 7.60. The van der Waals surface area contributed by atoms with Crippen LogP contribution in [-0.4, -0.2) is 42.7 Å². The number of ether oxygens (including phenoxy) is 1. The van der Waals surface area contributed by atoms with E-state index in [0.717, 1.165) is 55.5 Å². The summed E-state index contributed by atoms with van der Waals surface area (Å²) in [5, 5.41) is 12.5. The molecule has 170 valence electrons. The third-order valence-corrected chi connectivity index (χ3v) is 21.7. The topological polar surface area (TPSA) is 75.6 Å². The molecule has 0 radical (unpaired) electrons. The van der Waals surface area contributed by atoms with Crippen molar-refractivity contribution in [3.8, 4) is 0 Å². The number of esters is 1. The van der Waals surface area contributed by atoms with Gasteiger partial charge < -0.3 is 0 Å². The van der Waals surface area contributed by atoms with Crippen LogP contribution in [0.2, 0.25) is 13.3 Å². The minimum atomic E-state index is -3.09. The first-order valence-corrected chi connectivity index (χ1v) is 18.7. The molecular formula is C23H45NO4Sn. The van der Waals surface area contributed by atoms with Gasteiger partial charge in [-0.05, 0) is 0 Å². The van der Waals surface area contributed by atoms with Crippen molar-refractivity contribution in [2.45, 2.75) is 100 Å². The van der Waals surface area contributed by atoms with E-state index in [1.54, 1.807) is 0 Å². The van der Waals surface area contributed by atoms with Crippen molar-refractivity contribution >= 4 is 30.4 Å². The van der Waals surface area contributed by atoms with E-state index < -0.39 is 35.3 Å². The Morgan fingerprint density at radius 1 is 0.931 bits per heavy atom. The zero-order chi connectivity index (χ0) is 22.7. The summed E-state index contributed by atoms with van der Waals surface area (Å²) in [7, 11) is 1.41. The second kappa shape index (κ2) is 12.9. The van der Waals surface area contributed by atoms with Crippen LogP contribution in [0.1, 0.15) is 87.0 Å². The normalized spacial score (nSPS) is 15.0. The average Bonchev–Trinajstić information content (AvgIpc) is 2.65. The molecular weight excluding hydrogens is 473 g/mol. The Hall–Kier alpha value is -0.721. The Balaban J connectivity index is 6.70. The fraction of sp³-hybridized carbons (Fsp3) is 0.826. The van der Waals surface area contributed by atoms with Crippen LogP contribution in [0.5, 0.6) is 0 Å². The maximum atomic E-state index is 12.9. The number of hydrogen-bond acceptors (Lipinski definition) is 3. The summed E-state index contributed by atoms with van der Waals surface area (Å²) in [6, 6.07) is 0. The number of carboxylic acid groups (broad SMARTS) is 1. The van der Waals surface area contributed by atoms with Crippen molar-refractivity contribution in [2.24, 2.45) is 10.8 Å². The monoisotopic (exact) mass is 519 g/mol. The van der Waals surface area contributed by atoms with Gasteiger partial charge in [-0.15, -0.1) is 0 Å². The van der Waals surface area contributed by atoms with Gasteiger partial charge in [-0.2, -0.15) is 0 Å². The zero-order valence-corrected chi connectivity index (χ0v) is 23.0. The van der Waals surface area contributed by atoms with Gasteiger partial charge in [0.2, 0.25) is 0 Å². The van der Waals surface area contributed by atoms with Gasteiger partial charge in [0.1, 0.15) is 0 Å². The molecule has 0 saturated carbocycles. The van der Waals surface area contributed by atoms with Crippen molar-refractivity contribution in [3.63, 3.8) is 0 Å². The molecule has 0 aliphatic carbocycles. The summed E-state index contributed by atoms with van der Waals surface area (Å²) in [5.41, 5.74) is -1.30. The number of nitrogens with one attached hydrogen (secondary N) is 1. The molecule has 0 fully saturated rings. The summed E-state index contributed by atoms with van der Waals surface area (Å²) >= 11 is -3.09. The first-order valence-electron chi connectivity index (χ1n) is 11.3. The summed E-state index contributed by atoms with van der Waals surface area (Å²) < 4.78 is 9.42. The third kappa shape index (κ3) is 8.14. The van der Waals surface area contributed by atoms with Crippen LogP contribution in [-0.2, 0) is 9.53 Å². The third-order valence-electron chi connectivity index (χ3n) is 6.44. The molecule has 1 amide bonds. The van der Waals surface area contributed by atoms with Gasteiger partial charge in [0.15, 0.2) is 0 Å². The van der Waals surface area contributed by atoms with Crippen molar-refractivity contribution in [1.29, 1.82) is 0 Å². The van der Waals surface area contributed by atoms with Gasteiger partial charge in [-0.25, -0.2) is 0 Å². The number of hydrogen-bond donors (Lipinski definition) is 2. The Bertz CT molecular complexity index is 532. The molecule has 0 rings (SSSR count). The number of unbranched alkanes of at least 4 members (excludes halogenated alkanes) is 3. The van der Waals surface area contributed by atoms with Crippen LogP contribution in [0.3, 0.4) is 0 Å². The number of amides is 1. The van der Waals surface area contributed by atoms with E-state index >= 15 is 0 Å². The standard InChI is InChI=1S/C11H18NO4.3C4H9.Sn/c1-10(2,3)11(4,8(13)16-5)6-7-12-9(14)15;3*1-3-4-2;/h6,12H,1-5H3,(H,14,15);3*1,3-4H2,2H3;. The molecule has 0 aromatic carbocycles. The molecule has 0 aromatic heterocycles. The van der Waals surface area contributed by atoms with Gasteiger partial charge in [0, 0.05) is 0 Å². The van der Waals surface area contributed by atoms with Crippen LogP contribution in [0.25, 0.3) is 0 Å². The molecule has 29 heavy (non-hydrogen) atoms. The molecule has 6 heteroatoms. The van der Waals surface area contributed by atoms with Crippen LogP contribution in [0.15, 0.2) is 9.79 Å². The van der Waals surface area contributed by atoms with Gasteiger partial charge in [0.25, 0.3) is 0 Å². The number of rotatable bonds is 13. The van der Waals surface area contributed by atoms with Gasteiger partial charge >= 0.3 is 183 Å². The van der Waals surface area contributed by atoms with Crippen molar-refractivity contribution < 1.29 is 19.4 Å². The summed E-state index contributed by atoms with van der Waals surface area (Å²) in [5.74, 6) is -0.309. The van der Waals surface area contributed by atoms with E-state index in [1.165, 1.54) is 7.11 Å². The van der Waals surface area contributed by atoms with Gasteiger partial charge in [0.05, 0.1) is 0 Å². The first kappa shape index (κ1) is 28.3. The molecule has 0 aliphatic heterocycles. The Kier molecular flexibility index (Phi) is 12.5. The molecule has 0 aliphatic rings. The second-order valence-corrected chi connectivity index (χ2v) is 22.7. The van der Waals surface area contributed by atoms with Crippen LogP contribution in [0, 0.1) is 10.8 Å². The zero-order valence-electron chi connectivity index (χ0n) is 20.1. The van der Waals surface area contributed by atoms with Crippen LogP contribution in [0.4, 0.5) is 4.79 Å². The van der Waals surface area contributed by atoms with E-state index in [1.807, 2.05) is 33.8 Å². The van der Waals surface area contributed by atoms with Crippen molar-refractivity contribution in [2.75, 3.05) is 7.11 Å². The van der Waals surface area contributed by atoms with Gasteiger partial charge in [-0.1, -0.05) is 0 Å². The molecule has 2 N–H and O–H groups in total. The molecule has 0 saturated heterocycles. The van der Waals surface area contributed by atoms with E-state index in [-0.39, 0.29) is 5.97 Å². The first-order chi connectivity index (χ1) is 13.4. The molecule has 0 heterocycles. The maximum absolute atomic E-state index is 12.9. The number of carbonyl (C=O) groups is 2. The van der Waals surface area contributed by atoms with Crippen molar-refractivity contribution in [1.82, 2.24) is 5.32 Å². The SMILES string of the molecule is CCC[CH2][Sn]([CH2]CCC)([CH2]CCC)/[C](=C/C(C)(C(=O)OC)C(C)(C)C)NC(=O)O. The fourth-order valence-electron chi connectivity index (χ4n) is 3.84. The van der Waals surface area contributed by atoms with E-state index in [9.17, 15) is 14.7 Å². The predicted molar refractivity (Wildman–Crippen MR) is 124 cm³/mol. The Labute approximate surface area is 182 Å². The minimum absolute atomic E-state index is 0.309. The predicted octanol–water partition coefficient (Wildman–Crippen LogP) is 6.75. The molecule has 5 nitrogen and oxygen atoms in total. The van der Waals surface area contributed by atoms with Gasteiger partial charge in [-0.3, -0.25) is 0 Å². The Morgan fingerprint density at radius 2 is 1.34 bits per heavy atom. The van der Waals surface area contributed by atoms with Crippen LogP contribution < -0.4 is 5.32 Å². The molecule has 0 bridgehead atoms. The number of carbonyl (C=O) groups excluding carboxylic acids is 1. The van der Waals surface area contributed by atoms with E-state index in [4.69, 9.17) is 4.74 Å². The molecule has 0 spiro atoms. The summed E-state index contributed by atoms with van der Waals surface area (Å²) in [6.45, 7) is 14.5. The molecule has 1 atom stereocenters. The van der Waals surface area contributed by atoms with E-state index in [0.29, 0.717) is 0 Å². The fourth-order valence-corrected chi connectivity index (χ4v) is 19.9. The van der Waals surface area contributed by atoms with Crippen LogP contribution >= 0.6 is 0 Å².